The van der Waals surface area contributed by atoms with Gasteiger partial charge in [0.1, 0.15) is 12.4 Å². The Morgan fingerprint density at radius 2 is 1.72 bits per heavy atom. The van der Waals surface area contributed by atoms with Gasteiger partial charge in [-0.1, -0.05) is 0 Å². The summed E-state index contributed by atoms with van der Waals surface area (Å²) in [4.78, 5) is 3.66. The fraction of sp³-hybridized carbons (Fsp3) is 0.300. The lowest BCUT2D eigenvalue weighted by molar-refractivity contribution is -0.137. The van der Waals surface area contributed by atoms with Crippen molar-refractivity contribution in [2.45, 2.75) is 6.18 Å². The summed E-state index contributed by atoms with van der Waals surface area (Å²) in [5.41, 5.74) is 9.46. The fourth-order valence-electron chi connectivity index (χ4n) is 1.08. The largest absolute Gasteiger partial charge is 0.492 e. The minimum Gasteiger partial charge on any atom is -0.492 e. The van der Waals surface area contributed by atoms with Crippen molar-refractivity contribution in [2.75, 3.05) is 13.2 Å². The molecular formula is C10H13F3IN3O. The van der Waals surface area contributed by atoms with E-state index in [1.54, 1.807) is 0 Å². The van der Waals surface area contributed by atoms with Crippen molar-refractivity contribution in [1.82, 2.24) is 0 Å². The molecule has 0 aliphatic heterocycles. The minimum atomic E-state index is -4.34. The van der Waals surface area contributed by atoms with Crippen LogP contribution in [-0.2, 0) is 6.18 Å². The first-order chi connectivity index (χ1) is 7.89. The molecule has 0 radical (unpaired) electrons. The van der Waals surface area contributed by atoms with E-state index in [0.29, 0.717) is 5.75 Å². The Labute approximate surface area is 119 Å². The summed E-state index contributed by atoms with van der Waals surface area (Å²) in [6.45, 7) is 0.451. The van der Waals surface area contributed by atoms with Crippen molar-refractivity contribution in [1.29, 1.82) is 0 Å². The van der Waals surface area contributed by atoms with Gasteiger partial charge in [0.05, 0.1) is 12.1 Å². The maximum absolute atomic E-state index is 12.2. The quantitative estimate of drug-likeness (QED) is 0.366. The van der Waals surface area contributed by atoms with Gasteiger partial charge in [0, 0.05) is 0 Å². The van der Waals surface area contributed by atoms with Crippen molar-refractivity contribution in [2.24, 2.45) is 16.5 Å². The summed E-state index contributed by atoms with van der Waals surface area (Å²) in [7, 11) is 0. The van der Waals surface area contributed by atoms with Crippen LogP contribution in [0.25, 0.3) is 0 Å². The summed E-state index contributed by atoms with van der Waals surface area (Å²) in [6.07, 6.45) is -4.34. The predicted molar refractivity (Wildman–Crippen MR) is 73.0 cm³/mol. The molecule has 0 fully saturated rings. The molecular weight excluding hydrogens is 362 g/mol. The van der Waals surface area contributed by atoms with Crippen molar-refractivity contribution >= 4 is 29.9 Å². The van der Waals surface area contributed by atoms with Crippen LogP contribution in [0.15, 0.2) is 29.3 Å². The second-order valence-corrected chi connectivity index (χ2v) is 3.18. The lowest BCUT2D eigenvalue weighted by Crippen LogP contribution is -2.23. The molecule has 1 rings (SSSR count). The molecule has 0 aliphatic rings. The summed E-state index contributed by atoms with van der Waals surface area (Å²) in [5.74, 6) is 0.282. The van der Waals surface area contributed by atoms with Gasteiger partial charge in [-0.25, -0.2) is 0 Å². The number of hydrogen-bond donors (Lipinski definition) is 2. The molecule has 8 heteroatoms. The molecule has 0 saturated carbocycles. The van der Waals surface area contributed by atoms with Crippen LogP contribution in [0.2, 0.25) is 0 Å². The zero-order chi connectivity index (χ0) is 12.9. The maximum atomic E-state index is 12.2. The smallest absolute Gasteiger partial charge is 0.416 e. The number of rotatable bonds is 4. The molecule has 0 unspecified atom stereocenters. The van der Waals surface area contributed by atoms with E-state index in [1.807, 2.05) is 0 Å². The molecule has 0 amide bonds. The van der Waals surface area contributed by atoms with E-state index in [1.165, 1.54) is 12.1 Å². The Morgan fingerprint density at radius 3 is 2.17 bits per heavy atom. The summed E-state index contributed by atoms with van der Waals surface area (Å²) in [6, 6.07) is 4.41. The van der Waals surface area contributed by atoms with Crippen LogP contribution in [0.4, 0.5) is 13.2 Å². The highest BCUT2D eigenvalue weighted by molar-refractivity contribution is 14.0. The molecule has 0 aliphatic carbocycles. The Bertz CT molecular complexity index is 388. The highest BCUT2D eigenvalue weighted by Crippen LogP contribution is 2.30. The van der Waals surface area contributed by atoms with Gasteiger partial charge in [0.2, 0.25) is 0 Å². The van der Waals surface area contributed by atoms with Crippen molar-refractivity contribution in [3.05, 3.63) is 29.8 Å². The number of guanidine groups is 1. The Hall–Kier alpha value is -1.19. The molecule has 4 nitrogen and oxygen atoms in total. The Morgan fingerprint density at radius 1 is 1.17 bits per heavy atom. The molecule has 102 valence electrons. The second-order valence-electron chi connectivity index (χ2n) is 3.18. The molecule has 18 heavy (non-hydrogen) atoms. The van der Waals surface area contributed by atoms with Crippen LogP contribution < -0.4 is 16.2 Å². The Kier molecular flexibility index (Phi) is 6.81. The molecule has 1 aromatic rings. The topological polar surface area (TPSA) is 73.6 Å². The summed E-state index contributed by atoms with van der Waals surface area (Å²) >= 11 is 0. The molecule has 1 aromatic carbocycles. The van der Waals surface area contributed by atoms with E-state index in [0.717, 1.165) is 12.1 Å². The third kappa shape index (κ3) is 5.94. The summed E-state index contributed by atoms with van der Waals surface area (Å²) < 4.78 is 41.8. The molecule has 0 aromatic heterocycles. The maximum Gasteiger partial charge on any atom is 0.416 e. The van der Waals surface area contributed by atoms with Gasteiger partial charge in [0.25, 0.3) is 0 Å². The highest BCUT2D eigenvalue weighted by Gasteiger charge is 2.29. The standard InChI is InChI=1S/C10H12F3N3O.HI/c11-10(12,13)7-1-3-8(4-2-7)17-6-5-16-9(14)15;/h1-4H,5-6H2,(H4,14,15,16);1H. The van der Waals surface area contributed by atoms with Crippen molar-refractivity contribution in [3.63, 3.8) is 0 Å². The van der Waals surface area contributed by atoms with Crippen LogP contribution in [0.3, 0.4) is 0 Å². The molecule has 0 bridgehead atoms. The number of halogens is 4. The molecule has 0 atom stereocenters. The number of nitrogens with two attached hydrogens (primary N) is 2. The number of ether oxygens (including phenoxy) is 1. The van der Waals surface area contributed by atoms with Gasteiger partial charge in [0.15, 0.2) is 5.96 Å². The minimum absolute atomic E-state index is 0. The first-order valence-electron chi connectivity index (χ1n) is 4.75. The van der Waals surface area contributed by atoms with E-state index in [9.17, 15) is 13.2 Å². The van der Waals surface area contributed by atoms with Crippen molar-refractivity contribution in [3.8, 4) is 5.75 Å². The summed E-state index contributed by atoms with van der Waals surface area (Å²) in [5, 5.41) is 0. The van der Waals surface area contributed by atoms with E-state index in [-0.39, 0.29) is 43.1 Å². The average molecular weight is 375 g/mol. The van der Waals surface area contributed by atoms with E-state index >= 15 is 0 Å². The van der Waals surface area contributed by atoms with E-state index in [4.69, 9.17) is 16.2 Å². The SMILES string of the molecule is I.NC(N)=NCCOc1ccc(C(F)(F)F)cc1. The second kappa shape index (κ2) is 7.29. The van der Waals surface area contributed by atoms with Crippen molar-refractivity contribution < 1.29 is 17.9 Å². The molecule has 0 heterocycles. The number of benzene rings is 1. The third-order valence-electron chi connectivity index (χ3n) is 1.84. The zero-order valence-electron chi connectivity index (χ0n) is 9.28. The predicted octanol–water partition coefficient (Wildman–Crippen LogP) is 1.98. The Balaban J connectivity index is 0.00000289. The van der Waals surface area contributed by atoms with Gasteiger partial charge in [-0.05, 0) is 24.3 Å². The van der Waals surface area contributed by atoms with E-state index in [2.05, 4.69) is 4.99 Å². The van der Waals surface area contributed by atoms with Crippen LogP contribution >= 0.6 is 24.0 Å². The van der Waals surface area contributed by atoms with Crippen LogP contribution in [-0.4, -0.2) is 19.1 Å². The van der Waals surface area contributed by atoms with Gasteiger partial charge < -0.3 is 16.2 Å². The van der Waals surface area contributed by atoms with Crippen LogP contribution in [0.5, 0.6) is 5.75 Å². The first kappa shape index (κ1) is 16.8. The zero-order valence-corrected chi connectivity index (χ0v) is 11.6. The lowest BCUT2D eigenvalue weighted by Gasteiger charge is -2.08. The van der Waals surface area contributed by atoms with Gasteiger partial charge in [-0.3, -0.25) is 4.99 Å². The number of alkyl halides is 3. The highest BCUT2D eigenvalue weighted by atomic mass is 127. The van der Waals surface area contributed by atoms with Gasteiger partial charge >= 0.3 is 6.18 Å². The van der Waals surface area contributed by atoms with E-state index < -0.39 is 11.7 Å². The lowest BCUT2D eigenvalue weighted by atomic mass is 10.2. The number of nitrogens with zero attached hydrogens (tertiary/aromatic N) is 1. The van der Waals surface area contributed by atoms with Crippen LogP contribution in [0.1, 0.15) is 5.56 Å². The van der Waals surface area contributed by atoms with Crippen LogP contribution in [0, 0.1) is 0 Å². The fourth-order valence-corrected chi connectivity index (χ4v) is 1.08. The normalized spacial score (nSPS) is 10.4. The van der Waals surface area contributed by atoms with Gasteiger partial charge in [-0.2, -0.15) is 13.2 Å². The monoisotopic (exact) mass is 375 g/mol. The average Bonchev–Trinajstić information content (AvgIpc) is 2.23. The first-order valence-corrected chi connectivity index (χ1v) is 4.75. The number of aliphatic imine (C=N–C) groups is 1. The molecule has 4 N–H and O–H groups in total. The number of hydrogen-bond acceptors (Lipinski definition) is 2. The molecule has 0 saturated heterocycles. The van der Waals surface area contributed by atoms with Gasteiger partial charge in [-0.15, -0.1) is 24.0 Å². The third-order valence-corrected chi connectivity index (χ3v) is 1.84. The molecule has 0 spiro atoms.